The second-order valence-electron chi connectivity index (χ2n) is 9.14. The van der Waals surface area contributed by atoms with Gasteiger partial charge in [0.1, 0.15) is 0 Å². The zero-order valence-electron chi connectivity index (χ0n) is 22.0. The second kappa shape index (κ2) is 14.5. The van der Waals surface area contributed by atoms with Gasteiger partial charge in [-0.15, -0.1) is 0 Å². The van der Waals surface area contributed by atoms with E-state index in [0.717, 1.165) is 42.7 Å². The molecule has 0 aliphatic heterocycles. The normalized spacial score (nSPS) is 12.6. The van der Waals surface area contributed by atoms with Crippen molar-refractivity contribution in [2.24, 2.45) is 0 Å². The molecule has 0 bridgehead atoms. The molecular weight excluding hydrogens is 462 g/mol. The highest BCUT2D eigenvalue weighted by Gasteiger charge is 2.13. The molecule has 0 aromatic heterocycles. The molecule has 0 amide bonds. The summed E-state index contributed by atoms with van der Waals surface area (Å²) in [5, 5.41) is 18.9. The van der Waals surface area contributed by atoms with Crippen molar-refractivity contribution >= 4 is 17.1 Å². The van der Waals surface area contributed by atoms with Crippen LogP contribution in [0.25, 0.3) is 0 Å². The number of hydrogen-bond donors (Lipinski definition) is 2. The molecule has 3 aromatic rings. The highest BCUT2D eigenvalue weighted by atomic mass is 16.6. The minimum atomic E-state index is -0.904. The van der Waals surface area contributed by atoms with Crippen molar-refractivity contribution in [3.8, 4) is 0 Å². The van der Waals surface area contributed by atoms with Crippen LogP contribution in [0.15, 0.2) is 92.0 Å². The highest BCUT2D eigenvalue weighted by Crippen LogP contribution is 2.35. The van der Waals surface area contributed by atoms with Crippen LogP contribution in [0.2, 0.25) is 0 Å². The van der Waals surface area contributed by atoms with Crippen LogP contribution < -0.4 is 4.90 Å². The van der Waals surface area contributed by atoms with Gasteiger partial charge in [-0.1, -0.05) is 43.5 Å². The predicted octanol–water partition coefficient (Wildman–Crippen LogP) is 6.68. The van der Waals surface area contributed by atoms with E-state index in [1.807, 2.05) is 0 Å². The Balaban J connectivity index is 1.74. The highest BCUT2D eigenvalue weighted by molar-refractivity contribution is 5.77. The van der Waals surface area contributed by atoms with Crippen molar-refractivity contribution in [1.82, 2.24) is 0 Å². The van der Waals surface area contributed by atoms with Crippen LogP contribution in [-0.2, 0) is 22.3 Å². The number of benzene rings is 3. The SMILES string of the molecule is C=C[C@@H](O)OCCCc1ccc(N(c2ccc(CCCO[C@H](O)C=C)cc2)c2ccc(C)c(C)c2)cc1. The summed E-state index contributed by atoms with van der Waals surface area (Å²) in [5.41, 5.74) is 8.25. The van der Waals surface area contributed by atoms with Gasteiger partial charge in [-0.2, -0.15) is 0 Å². The van der Waals surface area contributed by atoms with Crippen LogP contribution >= 0.6 is 0 Å². The minimum Gasteiger partial charge on any atom is -0.365 e. The molecule has 0 unspecified atom stereocenters. The third-order valence-electron chi connectivity index (χ3n) is 6.34. The summed E-state index contributed by atoms with van der Waals surface area (Å²) in [5.74, 6) is 0. The fourth-order valence-electron chi connectivity index (χ4n) is 4.03. The van der Waals surface area contributed by atoms with E-state index < -0.39 is 12.6 Å². The molecule has 0 saturated carbocycles. The molecule has 0 spiro atoms. The van der Waals surface area contributed by atoms with Gasteiger partial charge in [0.2, 0.25) is 0 Å². The number of ether oxygens (including phenoxy) is 2. The zero-order chi connectivity index (χ0) is 26.6. The molecule has 37 heavy (non-hydrogen) atoms. The quantitative estimate of drug-likeness (QED) is 0.138. The number of aliphatic hydroxyl groups is 2. The number of anilines is 3. The van der Waals surface area contributed by atoms with Crippen molar-refractivity contribution in [2.75, 3.05) is 18.1 Å². The van der Waals surface area contributed by atoms with E-state index in [2.05, 4.69) is 98.6 Å². The van der Waals surface area contributed by atoms with Gasteiger partial charge in [-0.25, -0.2) is 0 Å². The number of aliphatic hydroxyl groups excluding tert-OH is 2. The van der Waals surface area contributed by atoms with Gasteiger partial charge in [-0.05, 0) is 110 Å². The van der Waals surface area contributed by atoms with Crippen molar-refractivity contribution in [1.29, 1.82) is 0 Å². The smallest absolute Gasteiger partial charge is 0.173 e. The van der Waals surface area contributed by atoms with Gasteiger partial charge in [0.25, 0.3) is 0 Å². The minimum absolute atomic E-state index is 0.483. The molecule has 0 fully saturated rings. The Labute approximate surface area is 221 Å². The summed E-state index contributed by atoms with van der Waals surface area (Å²) in [6.07, 6.45) is 4.34. The summed E-state index contributed by atoms with van der Waals surface area (Å²) in [6, 6.07) is 23.8. The fourth-order valence-corrected chi connectivity index (χ4v) is 4.03. The molecule has 3 aromatic carbocycles. The first-order chi connectivity index (χ1) is 17.9. The van der Waals surface area contributed by atoms with Gasteiger partial charge >= 0.3 is 0 Å². The maximum Gasteiger partial charge on any atom is 0.173 e. The molecule has 5 heteroatoms. The zero-order valence-corrected chi connectivity index (χ0v) is 22.0. The lowest BCUT2D eigenvalue weighted by Gasteiger charge is -2.26. The van der Waals surface area contributed by atoms with Gasteiger partial charge < -0.3 is 24.6 Å². The Morgan fingerprint density at radius 1 is 0.676 bits per heavy atom. The van der Waals surface area contributed by atoms with Gasteiger partial charge in [0.15, 0.2) is 12.6 Å². The number of rotatable bonds is 15. The summed E-state index contributed by atoms with van der Waals surface area (Å²) in [4.78, 5) is 2.27. The lowest BCUT2D eigenvalue weighted by Crippen LogP contribution is -2.11. The molecule has 0 aliphatic rings. The Hall–Kier alpha value is -3.22. The van der Waals surface area contributed by atoms with Crippen molar-refractivity contribution in [3.05, 3.63) is 114 Å². The standard InChI is InChI=1S/C32H39NO4/c1-5-31(34)36-21-7-9-26-12-17-28(18-13-26)33(30-16-11-24(3)25(4)23-30)29-19-14-27(15-20-29)10-8-22-37-32(35)6-2/h5-6,11-20,23,31-32,34-35H,1-2,7-10,21-22H2,3-4H3/t31-,32-/m0/s1. The average molecular weight is 502 g/mol. The maximum atomic E-state index is 9.44. The fraction of sp³-hybridized carbons (Fsp3) is 0.312. The van der Waals surface area contributed by atoms with Crippen LogP contribution in [0.4, 0.5) is 17.1 Å². The predicted molar refractivity (Wildman–Crippen MR) is 152 cm³/mol. The Morgan fingerprint density at radius 3 is 1.51 bits per heavy atom. The number of aryl methyl sites for hydroxylation is 4. The third-order valence-corrected chi connectivity index (χ3v) is 6.34. The lowest BCUT2D eigenvalue weighted by atomic mass is 10.1. The molecule has 196 valence electrons. The van der Waals surface area contributed by atoms with Crippen molar-refractivity contribution in [3.63, 3.8) is 0 Å². The number of hydrogen-bond acceptors (Lipinski definition) is 5. The Kier molecular flexibility index (Phi) is 11.1. The monoisotopic (exact) mass is 501 g/mol. The van der Waals surface area contributed by atoms with Crippen LogP contribution in [0.5, 0.6) is 0 Å². The maximum absolute atomic E-state index is 9.44. The first-order valence-electron chi connectivity index (χ1n) is 12.8. The third kappa shape index (κ3) is 8.69. The van der Waals surface area contributed by atoms with Crippen LogP contribution in [0, 0.1) is 13.8 Å². The van der Waals surface area contributed by atoms with Crippen molar-refractivity contribution < 1.29 is 19.7 Å². The van der Waals surface area contributed by atoms with Crippen LogP contribution in [0.1, 0.15) is 35.1 Å². The number of nitrogens with zero attached hydrogens (tertiary/aromatic N) is 1. The summed E-state index contributed by atoms with van der Waals surface area (Å²) < 4.78 is 10.5. The first kappa shape index (κ1) is 28.4. The largest absolute Gasteiger partial charge is 0.365 e. The summed E-state index contributed by atoms with van der Waals surface area (Å²) in [7, 11) is 0. The molecule has 0 saturated heterocycles. The molecule has 3 rings (SSSR count). The van der Waals surface area contributed by atoms with E-state index in [9.17, 15) is 10.2 Å². The van der Waals surface area contributed by atoms with E-state index in [4.69, 9.17) is 9.47 Å². The molecule has 0 aliphatic carbocycles. The Morgan fingerprint density at radius 2 is 1.11 bits per heavy atom. The molecule has 0 radical (unpaired) electrons. The van der Waals surface area contributed by atoms with E-state index in [-0.39, 0.29) is 0 Å². The molecular formula is C32H39NO4. The molecule has 2 atom stereocenters. The summed E-state index contributed by atoms with van der Waals surface area (Å²) in [6.45, 7) is 12.3. The van der Waals surface area contributed by atoms with Crippen LogP contribution in [0.3, 0.4) is 0 Å². The first-order valence-corrected chi connectivity index (χ1v) is 12.8. The average Bonchev–Trinajstić information content (AvgIpc) is 2.92. The second-order valence-corrected chi connectivity index (χ2v) is 9.14. The molecule has 0 heterocycles. The van der Waals surface area contributed by atoms with E-state index in [0.29, 0.717) is 13.2 Å². The van der Waals surface area contributed by atoms with E-state index in [1.165, 1.54) is 34.4 Å². The van der Waals surface area contributed by atoms with Crippen LogP contribution in [-0.4, -0.2) is 36.0 Å². The molecule has 5 nitrogen and oxygen atoms in total. The van der Waals surface area contributed by atoms with Gasteiger partial charge in [0.05, 0.1) is 13.2 Å². The van der Waals surface area contributed by atoms with Crippen molar-refractivity contribution in [2.45, 2.75) is 52.1 Å². The van der Waals surface area contributed by atoms with Gasteiger partial charge in [0, 0.05) is 17.1 Å². The van der Waals surface area contributed by atoms with E-state index >= 15 is 0 Å². The molecule has 2 N–H and O–H groups in total. The van der Waals surface area contributed by atoms with E-state index in [1.54, 1.807) is 0 Å². The van der Waals surface area contributed by atoms with Gasteiger partial charge in [-0.3, -0.25) is 0 Å². The summed E-state index contributed by atoms with van der Waals surface area (Å²) >= 11 is 0. The lowest BCUT2D eigenvalue weighted by molar-refractivity contribution is -0.0647. The Bertz CT molecular complexity index is 1060. The topological polar surface area (TPSA) is 62.2 Å².